The Morgan fingerprint density at radius 2 is 2.04 bits per heavy atom. The van der Waals surface area contributed by atoms with E-state index in [0.29, 0.717) is 30.6 Å². The van der Waals surface area contributed by atoms with Crippen molar-refractivity contribution < 1.29 is 24.2 Å². The summed E-state index contributed by atoms with van der Waals surface area (Å²) >= 11 is 0. The molecule has 2 aliphatic heterocycles. The molecule has 0 aromatic heterocycles. The van der Waals surface area contributed by atoms with Crippen molar-refractivity contribution in [1.29, 1.82) is 0 Å². The molecular formula is C22H18O5. The Morgan fingerprint density at radius 1 is 1.15 bits per heavy atom. The largest absolute Gasteiger partial charge is 0.508 e. The molecular weight excluding hydrogens is 344 g/mol. The van der Waals surface area contributed by atoms with Gasteiger partial charge in [-0.1, -0.05) is 6.08 Å². The Bertz CT molecular complexity index is 1020. The fourth-order valence-electron chi connectivity index (χ4n) is 5.77. The summed E-state index contributed by atoms with van der Waals surface area (Å²) in [4.78, 5) is 26.0. The molecule has 6 rings (SSSR count). The van der Waals surface area contributed by atoms with Gasteiger partial charge in [0.1, 0.15) is 11.4 Å². The number of rotatable bonds is 0. The fraction of sp³-hybridized carbons (Fsp3) is 0.364. The molecule has 136 valence electrons. The van der Waals surface area contributed by atoms with E-state index >= 15 is 0 Å². The Labute approximate surface area is 156 Å². The predicted molar refractivity (Wildman–Crippen MR) is 96.0 cm³/mol. The molecule has 5 aliphatic rings. The highest BCUT2D eigenvalue weighted by atomic mass is 16.7. The number of carbonyl (C=O) groups excluding carboxylic acids is 2. The average molecular weight is 362 g/mol. The van der Waals surface area contributed by atoms with Crippen LogP contribution in [0.4, 0.5) is 0 Å². The van der Waals surface area contributed by atoms with Gasteiger partial charge in [-0.15, -0.1) is 0 Å². The minimum absolute atomic E-state index is 0.0380. The smallest absolute Gasteiger partial charge is 0.189 e. The number of hydrogen-bond donors (Lipinski definition) is 1. The van der Waals surface area contributed by atoms with Crippen LogP contribution in [-0.4, -0.2) is 34.7 Å². The zero-order valence-electron chi connectivity index (χ0n) is 14.6. The van der Waals surface area contributed by atoms with Gasteiger partial charge in [0.25, 0.3) is 0 Å². The molecule has 2 bridgehead atoms. The van der Waals surface area contributed by atoms with Crippen LogP contribution >= 0.6 is 0 Å². The predicted octanol–water partition coefficient (Wildman–Crippen LogP) is 2.95. The number of aromatic hydroxyl groups is 1. The van der Waals surface area contributed by atoms with Crippen molar-refractivity contribution in [3.63, 3.8) is 0 Å². The van der Waals surface area contributed by atoms with E-state index in [1.54, 1.807) is 24.3 Å². The summed E-state index contributed by atoms with van der Waals surface area (Å²) in [7, 11) is 0. The molecule has 4 unspecified atom stereocenters. The van der Waals surface area contributed by atoms with Gasteiger partial charge in [0.2, 0.25) is 0 Å². The maximum absolute atomic E-state index is 13.1. The van der Waals surface area contributed by atoms with E-state index in [-0.39, 0.29) is 29.2 Å². The molecule has 27 heavy (non-hydrogen) atoms. The van der Waals surface area contributed by atoms with E-state index < -0.39 is 11.4 Å². The molecule has 1 N–H and O–H groups in total. The highest BCUT2D eigenvalue weighted by Crippen LogP contribution is 2.62. The maximum Gasteiger partial charge on any atom is 0.189 e. The first-order valence-electron chi connectivity index (χ1n) is 9.39. The average Bonchev–Trinajstić information content (AvgIpc) is 3.18. The number of ether oxygens (including phenoxy) is 2. The van der Waals surface area contributed by atoms with Crippen molar-refractivity contribution in [3.05, 3.63) is 59.2 Å². The zero-order valence-corrected chi connectivity index (χ0v) is 14.6. The number of hydrogen-bond acceptors (Lipinski definition) is 5. The molecule has 0 amide bonds. The molecule has 2 heterocycles. The van der Waals surface area contributed by atoms with Crippen LogP contribution in [0.25, 0.3) is 5.57 Å². The lowest BCUT2D eigenvalue weighted by Gasteiger charge is -2.51. The third-order valence-corrected chi connectivity index (χ3v) is 6.73. The van der Waals surface area contributed by atoms with Crippen molar-refractivity contribution in [1.82, 2.24) is 0 Å². The first kappa shape index (κ1) is 15.5. The minimum Gasteiger partial charge on any atom is -0.508 e. The van der Waals surface area contributed by atoms with Crippen LogP contribution in [0.3, 0.4) is 0 Å². The third-order valence-electron chi connectivity index (χ3n) is 6.73. The molecule has 1 aromatic carbocycles. The first-order valence-corrected chi connectivity index (χ1v) is 9.39. The van der Waals surface area contributed by atoms with Crippen LogP contribution in [0.5, 0.6) is 5.75 Å². The summed E-state index contributed by atoms with van der Waals surface area (Å²) in [5.74, 6) is -0.929. The summed E-state index contributed by atoms with van der Waals surface area (Å²) in [6.07, 6.45) is 9.45. The van der Waals surface area contributed by atoms with E-state index in [4.69, 9.17) is 9.47 Å². The summed E-state index contributed by atoms with van der Waals surface area (Å²) in [6, 6.07) is 4.72. The van der Waals surface area contributed by atoms with E-state index in [1.807, 2.05) is 12.2 Å². The second-order valence-electron chi connectivity index (χ2n) is 8.11. The van der Waals surface area contributed by atoms with Crippen molar-refractivity contribution in [2.24, 2.45) is 11.8 Å². The van der Waals surface area contributed by atoms with Crippen LogP contribution in [0, 0.1) is 11.8 Å². The number of ketones is 2. The molecule has 0 radical (unpaired) electrons. The Hall–Kier alpha value is -2.50. The van der Waals surface area contributed by atoms with Crippen LogP contribution in [0.1, 0.15) is 35.2 Å². The summed E-state index contributed by atoms with van der Waals surface area (Å²) in [5.41, 5.74) is 1.83. The Kier molecular flexibility index (Phi) is 2.80. The van der Waals surface area contributed by atoms with Crippen LogP contribution in [-0.2, 0) is 14.3 Å². The summed E-state index contributed by atoms with van der Waals surface area (Å²) < 4.78 is 12.5. The second kappa shape index (κ2) is 4.86. The van der Waals surface area contributed by atoms with Gasteiger partial charge in [0.05, 0.1) is 12.5 Å². The molecule has 5 nitrogen and oxygen atoms in total. The lowest BCUT2D eigenvalue weighted by molar-refractivity contribution is -0.273. The molecule has 1 spiro atoms. The molecule has 4 atom stereocenters. The van der Waals surface area contributed by atoms with Gasteiger partial charge in [0.15, 0.2) is 17.4 Å². The number of phenolic OH excluding ortho intramolecular Hbond substituents is 1. The SMILES string of the molecule is O=C1C=C2C(=CC(=O)C3C4CCC23OC2(C=CCO2)C4)c2ccc(O)cc21. The third kappa shape index (κ3) is 1.86. The van der Waals surface area contributed by atoms with Gasteiger partial charge in [-0.25, -0.2) is 0 Å². The van der Waals surface area contributed by atoms with Gasteiger partial charge in [-0.3, -0.25) is 9.59 Å². The number of allylic oxidation sites excluding steroid dienone is 2. The van der Waals surface area contributed by atoms with Crippen LogP contribution < -0.4 is 0 Å². The van der Waals surface area contributed by atoms with Crippen molar-refractivity contribution >= 4 is 17.1 Å². The van der Waals surface area contributed by atoms with Gasteiger partial charge < -0.3 is 14.6 Å². The highest BCUT2D eigenvalue weighted by Gasteiger charge is 2.65. The minimum atomic E-state index is -0.815. The monoisotopic (exact) mass is 362 g/mol. The van der Waals surface area contributed by atoms with E-state index in [9.17, 15) is 14.7 Å². The normalized spacial score (nSPS) is 38.4. The Morgan fingerprint density at radius 3 is 2.85 bits per heavy atom. The van der Waals surface area contributed by atoms with Gasteiger partial charge in [-0.2, -0.15) is 0 Å². The van der Waals surface area contributed by atoms with Crippen molar-refractivity contribution in [3.8, 4) is 5.75 Å². The standard InChI is InChI=1S/C22H18O5/c23-13-2-3-14-15-9-19(25)20-12-4-6-22(20,17(15)10-18(24)16(14)8-13)27-21(11-12)5-1-7-26-21/h1-3,5,8-10,12,20,23H,4,6-7,11H2. The highest BCUT2D eigenvalue weighted by molar-refractivity contribution is 6.18. The van der Waals surface area contributed by atoms with Crippen molar-refractivity contribution in [2.45, 2.75) is 30.7 Å². The molecule has 1 aromatic rings. The van der Waals surface area contributed by atoms with Gasteiger partial charge >= 0.3 is 0 Å². The number of phenols is 1. The molecule has 3 aliphatic carbocycles. The zero-order chi connectivity index (χ0) is 18.4. The fourth-order valence-corrected chi connectivity index (χ4v) is 5.77. The van der Waals surface area contributed by atoms with Gasteiger partial charge in [-0.05, 0) is 71.9 Å². The van der Waals surface area contributed by atoms with Crippen LogP contribution in [0.15, 0.2) is 48.1 Å². The van der Waals surface area contributed by atoms with Crippen molar-refractivity contribution in [2.75, 3.05) is 6.61 Å². The topological polar surface area (TPSA) is 72.8 Å². The molecule has 2 fully saturated rings. The molecule has 5 heteroatoms. The number of fused-ring (bicyclic) bond motifs is 3. The lowest BCUT2D eigenvalue weighted by atomic mass is 9.64. The van der Waals surface area contributed by atoms with E-state index in [0.717, 1.165) is 17.6 Å². The van der Waals surface area contributed by atoms with E-state index in [1.165, 1.54) is 6.07 Å². The number of benzene rings is 1. The molecule has 1 saturated carbocycles. The number of carbonyl (C=O) groups is 2. The maximum atomic E-state index is 13.1. The van der Waals surface area contributed by atoms with E-state index in [2.05, 4.69) is 0 Å². The summed E-state index contributed by atoms with van der Waals surface area (Å²) in [6.45, 7) is 0.504. The lowest BCUT2D eigenvalue weighted by Crippen LogP contribution is -2.57. The van der Waals surface area contributed by atoms with Gasteiger partial charge in [0, 0.05) is 12.0 Å². The summed E-state index contributed by atoms with van der Waals surface area (Å²) in [5, 5.41) is 9.78. The second-order valence-corrected chi connectivity index (χ2v) is 8.11. The van der Waals surface area contributed by atoms with Crippen LogP contribution in [0.2, 0.25) is 0 Å². The Balaban J connectivity index is 1.57. The quantitative estimate of drug-likeness (QED) is 0.719. The first-order chi connectivity index (χ1) is 13.0. The molecule has 1 saturated heterocycles.